The minimum atomic E-state index is 0.345. The standard InChI is InChI=1S/C16H17N3O/c20-16-6-5-12-3-1-2-4-14(12)15(16)10-17-8-7-13-9-18-11-19-13/h1-6,9,11,17,20H,7-8,10H2,(H,18,19). The molecular weight excluding hydrogens is 250 g/mol. The fraction of sp³-hybridized carbons (Fsp3) is 0.188. The molecule has 1 aromatic heterocycles. The zero-order valence-electron chi connectivity index (χ0n) is 11.1. The number of nitrogens with one attached hydrogen (secondary N) is 2. The van der Waals surface area contributed by atoms with Gasteiger partial charge in [0.05, 0.1) is 6.33 Å². The number of hydrogen-bond donors (Lipinski definition) is 3. The van der Waals surface area contributed by atoms with Crippen LogP contribution in [0.4, 0.5) is 0 Å². The van der Waals surface area contributed by atoms with Crippen molar-refractivity contribution in [3.8, 4) is 5.75 Å². The van der Waals surface area contributed by atoms with Crippen LogP contribution in [-0.2, 0) is 13.0 Å². The minimum Gasteiger partial charge on any atom is -0.508 e. The normalized spacial score (nSPS) is 11.0. The van der Waals surface area contributed by atoms with Gasteiger partial charge in [-0.15, -0.1) is 0 Å². The molecule has 2 aromatic carbocycles. The van der Waals surface area contributed by atoms with Gasteiger partial charge in [-0.3, -0.25) is 0 Å². The first kappa shape index (κ1) is 12.7. The van der Waals surface area contributed by atoms with E-state index in [1.165, 1.54) is 0 Å². The fourth-order valence-electron chi connectivity index (χ4n) is 2.37. The third kappa shape index (κ3) is 2.65. The third-order valence-electron chi connectivity index (χ3n) is 3.44. The Morgan fingerprint density at radius 2 is 2.05 bits per heavy atom. The highest BCUT2D eigenvalue weighted by molar-refractivity contribution is 5.87. The lowest BCUT2D eigenvalue weighted by Gasteiger charge is -2.10. The highest BCUT2D eigenvalue weighted by Gasteiger charge is 2.06. The summed E-state index contributed by atoms with van der Waals surface area (Å²) in [6.45, 7) is 1.49. The maximum atomic E-state index is 10.0. The van der Waals surface area contributed by atoms with Crippen LogP contribution < -0.4 is 5.32 Å². The molecular formula is C16H17N3O. The Morgan fingerprint density at radius 3 is 2.90 bits per heavy atom. The van der Waals surface area contributed by atoms with Crippen LogP contribution in [0.5, 0.6) is 5.75 Å². The van der Waals surface area contributed by atoms with Gasteiger partial charge < -0.3 is 15.4 Å². The number of H-pyrrole nitrogens is 1. The van der Waals surface area contributed by atoms with Crippen molar-refractivity contribution in [2.75, 3.05) is 6.54 Å². The van der Waals surface area contributed by atoms with E-state index in [1.54, 1.807) is 12.4 Å². The van der Waals surface area contributed by atoms with Crippen LogP contribution in [-0.4, -0.2) is 21.6 Å². The van der Waals surface area contributed by atoms with Gasteiger partial charge in [0.15, 0.2) is 0 Å². The zero-order valence-corrected chi connectivity index (χ0v) is 11.1. The monoisotopic (exact) mass is 267 g/mol. The molecule has 0 saturated carbocycles. The number of fused-ring (bicyclic) bond motifs is 1. The molecule has 102 valence electrons. The molecule has 4 heteroatoms. The summed E-state index contributed by atoms with van der Waals surface area (Å²) in [5.74, 6) is 0.345. The van der Waals surface area contributed by atoms with Gasteiger partial charge in [-0.2, -0.15) is 0 Å². The van der Waals surface area contributed by atoms with Crippen molar-refractivity contribution in [2.45, 2.75) is 13.0 Å². The summed E-state index contributed by atoms with van der Waals surface area (Å²) in [5.41, 5.74) is 2.06. The lowest BCUT2D eigenvalue weighted by molar-refractivity contribution is 0.466. The molecule has 20 heavy (non-hydrogen) atoms. The molecule has 0 saturated heterocycles. The van der Waals surface area contributed by atoms with Crippen LogP contribution in [0.3, 0.4) is 0 Å². The predicted molar refractivity (Wildman–Crippen MR) is 79.6 cm³/mol. The van der Waals surface area contributed by atoms with Crippen LogP contribution in [0.15, 0.2) is 48.9 Å². The topological polar surface area (TPSA) is 60.9 Å². The number of nitrogens with zero attached hydrogens (tertiary/aromatic N) is 1. The van der Waals surface area contributed by atoms with Crippen molar-refractivity contribution in [1.82, 2.24) is 15.3 Å². The first-order valence-electron chi connectivity index (χ1n) is 6.72. The Morgan fingerprint density at radius 1 is 1.15 bits per heavy atom. The number of hydrogen-bond acceptors (Lipinski definition) is 3. The van der Waals surface area contributed by atoms with Crippen LogP contribution in [0.2, 0.25) is 0 Å². The van der Waals surface area contributed by atoms with Crippen molar-refractivity contribution in [3.05, 3.63) is 60.2 Å². The summed E-state index contributed by atoms with van der Waals surface area (Å²) in [6.07, 6.45) is 4.41. The molecule has 1 heterocycles. The Balaban J connectivity index is 1.69. The second-order valence-electron chi connectivity index (χ2n) is 4.79. The van der Waals surface area contributed by atoms with Crippen molar-refractivity contribution in [3.63, 3.8) is 0 Å². The number of aromatic nitrogens is 2. The van der Waals surface area contributed by atoms with E-state index in [0.717, 1.165) is 35.0 Å². The largest absolute Gasteiger partial charge is 0.508 e. The molecule has 0 spiro atoms. The Labute approximate surface area is 117 Å². The van der Waals surface area contributed by atoms with Crippen molar-refractivity contribution >= 4 is 10.8 Å². The first-order chi connectivity index (χ1) is 9.84. The van der Waals surface area contributed by atoms with E-state index in [0.29, 0.717) is 12.3 Å². The van der Waals surface area contributed by atoms with E-state index in [2.05, 4.69) is 21.4 Å². The van der Waals surface area contributed by atoms with E-state index in [1.807, 2.05) is 30.5 Å². The summed E-state index contributed by atoms with van der Waals surface area (Å²) in [7, 11) is 0. The summed E-state index contributed by atoms with van der Waals surface area (Å²) in [4.78, 5) is 7.07. The Hall–Kier alpha value is -2.33. The molecule has 4 nitrogen and oxygen atoms in total. The smallest absolute Gasteiger partial charge is 0.120 e. The highest BCUT2D eigenvalue weighted by Crippen LogP contribution is 2.26. The third-order valence-corrected chi connectivity index (χ3v) is 3.44. The SMILES string of the molecule is Oc1ccc2ccccc2c1CNCCc1cnc[nH]1. The number of phenolic OH excluding ortho intramolecular Hbond substituents is 1. The highest BCUT2D eigenvalue weighted by atomic mass is 16.3. The zero-order chi connectivity index (χ0) is 13.8. The van der Waals surface area contributed by atoms with Crippen LogP contribution in [0.25, 0.3) is 10.8 Å². The molecule has 0 aliphatic carbocycles. The van der Waals surface area contributed by atoms with Crippen LogP contribution in [0, 0.1) is 0 Å². The van der Waals surface area contributed by atoms with Crippen LogP contribution in [0.1, 0.15) is 11.3 Å². The molecule has 0 amide bonds. The molecule has 3 rings (SSSR count). The quantitative estimate of drug-likeness (QED) is 0.623. The predicted octanol–water partition coefficient (Wildman–Crippen LogP) is 2.60. The molecule has 0 aliphatic rings. The molecule has 0 fully saturated rings. The summed E-state index contributed by atoms with van der Waals surface area (Å²) in [5, 5.41) is 15.6. The van der Waals surface area contributed by atoms with Crippen LogP contribution >= 0.6 is 0 Å². The van der Waals surface area contributed by atoms with Gasteiger partial charge in [-0.1, -0.05) is 30.3 Å². The number of imidazole rings is 1. The summed E-state index contributed by atoms with van der Waals surface area (Å²) >= 11 is 0. The first-order valence-corrected chi connectivity index (χ1v) is 6.72. The van der Waals surface area contributed by atoms with Gasteiger partial charge in [0, 0.05) is 37.0 Å². The number of aromatic hydroxyl groups is 1. The van der Waals surface area contributed by atoms with Crippen molar-refractivity contribution in [1.29, 1.82) is 0 Å². The molecule has 3 N–H and O–H groups in total. The Bertz CT molecular complexity index is 692. The number of benzene rings is 2. The van der Waals surface area contributed by atoms with E-state index < -0.39 is 0 Å². The number of aromatic amines is 1. The second-order valence-corrected chi connectivity index (χ2v) is 4.79. The number of rotatable bonds is 5. The molecule has 3 aromatic rings. The molecule has 0 unspecified atom stereocenters. The van der Waals surface area contributed by atoms with E-state index in [-0.39, 0.29) is 0 Å². The average molecular weight is 267 g/mol. The van der Waals surface area contributed by atoms with Crippen molar-refractivity contribution < 1.29 is 5.11 Å². The lowest BCUT2D eigenvalue weighted by atomic mass is 10.0. The summed E-state index contributed by atoms with van der Waals surface area (Å²) in [6, 6.07) is 11.8. The van der Waals surface area contributed by atoms with E-state index in [4.69, 9.17) is 0 Å². The van der Waals surface area contributed by atoms with Gasteiger partial charge in [0.25, 0.3) is 0 Å². The Kier molecular flexibility index (Phi) is 3.65. The minimum absolute atomic E-state index is 0.345. The fourth-order valence-corrected chi connectivity index (χ4v) is 2.37. The second kappa shape index (κ2) is 5.75. The number of phenols is 1. The maximum Gasteiger partial charge on any atom is 0.120 e. The lowest BCUT2D eigenvalue weighted by Crippen LogP contribution is -2.17. The van der Waals surface area contributed by atoms with Gasteiger partial charge in [0.2, 0.25) is 0 Å². The van der Waals surface area contributed by atoms with Crippen molar-refractivity contribution in [2.24, 2.45) is 0 Å². The average Bonchev–Trinajstić information content (AvgIpc) is 2.98. The maximum absolute atomic E-state index is 10.0. The molecule has 0 atom stereocenters. The van der Waals surface area contributed by atoms with Gasteiger partial charge in [-0.25, -0.2) is 4.98 Å². The molecule has 0 aliphatic heterocycles. The van der Waals surface area contributed by atoms with Gasteiger partial charge in [0.1, 0.15) is 5.75 Å². The molecule has 0 bridgehead atoms. The van der Waals surface area contributed by atoms with E-state index >= 15 is 0 Å². The van der Waals surface area contributed by atoms with E-state index in [9.17, 15) is 5.11 Å². The summed E-state index contributed by atoms with van der Waals surface area (Å²) < 4.78 is 0. The van der Waals surface area contributed by atoms with Gasteiger partial charge in [-0.05, 0) is 16.8 Å². The molecule has 0 radical (unpaired) electrons. The van der Waals surface area contributed by atoms with Gasteiger partial charge >= 0.3 is 0 Å².